The van der Waals surface area contributed by atoms with E-state index in [9.17, 15) is 28.5 Å². The summed E-state index contributed by atoms with van der Waals surface area (Å²) in [5, 5.41) is 33.8. The highest BCUT2D eigenvalue weighted by Crippen LogP contribution is 2.36. The fraction of sp³-hybridized carbons (Fsp3) is 0.577. The van der Waals surface area contributed by atoms with Crippen LogP contribution in [-0.4, -0.2) is 66.5 Å². The van der Waals surface area contributed by atoms with E-state index >= 15 is 0 Å². The lowest BCUT2D eigenvalue weighted by Crippen LogP contribution is -2.25. The van der Waals surface area contributed by atoms with E-state index in [0.29, 0.717) is 44.4 Å². The van der Waals surface area contributed by atoms with Crippen LogP contribution in [0.5, 0.6) is 0 Å². The molecule has 196 valence electrons. The summed E-state index contributed by atoms with van der Waals surface area (Å²) >= 11 is 0. The number of benzene rings is 1. The highest BCUT2D eigenvalue weighted by molar-refractivity contribution is 8.71. The van der Waals surface area contributed by atoms with Gasteiger partial charge in [0, 0.05) is 37.3 Å². The van der Waals surface area contributed by atoms with Gasteiger partial charge in [0.15, 0.2) is 8.87 Å². The van der Waals surface area contributed by atoms with Gasteiger partial charge in [0.1, 0.15) is 0 Å². The van der Waals surface area contributed by atoms with Crippen molar-refractivity contribution < 1.29 is 28.5 Å². The van der Waals surface area contributed by atoms with Gasteiger partial charge in [-0.2, -0.15) is 0 Å². The molecule has 35 heavy (non-hydrogen) atoms. The normalized spacial score (nSPS) is 23.8. The zero-order valence-corrected chi connectivity index (χ0v) is 22.0. The number of hydrogen-bond donors (Lipinski definition) is 4. The Hall–Kier alpha value is -1.65. The number of aliphatic hydroxyl groups excluding tert-OH is 3. The van der Waals surface area contributed by atoms with E-state index in [4.69, 9.17) is 0 Å². The lowest BCUT2D eigenvalue weighted by Gasteiger charge is -2.19. The molecule has 0 aromatic heterocycles. The quantitative estimate of drug-likeness (QED) is 0.158. The Morgan fingerprint density at radius 3 is 2.66 bits per heavy atom. The van der Waals surface area contributed by atoms with Gasteiger partial charge in [-0.1, -0.05) is 54.6 Å². The third-order valence-corrected chi connectivity index (χ3v) is 8.70. The zero-order valence-electron chi connectivity index (χ0n) is 20.3. The van der Waals surface area contributed by atoms with Crippen molar-refractivity contribution >= 4 is 25.6 Å². The maximum Gasteiger partial charge on any atom is 0.220 e. The second kappa shape index (κ2) is 15.5. The first-order valence-electron chi connectivity index (χ1n) is 12.2. The van der Waals surface area contributed by atoms with E-state index in [2.05, 4.69) is 5.32 Å². The average Bonchev–Trinajstić information content (AvgIpc) is 3.08. The predicted octanol–water partition coefficient (Wildman–Crippen LogP) is 2.82. The van der Waals surface area contributed by atoms with Crippen molar-refractivity contribution in [2.24, 2.45) is 11.8 Å². The van der Waals surface area contributed by atoms with Crippen LogP contribution in [0.3, 0.4) is 0 Å². The van der Waals surface area contributed by atoms with E-state index in [0.717, 1.165) is 29.9 Å². The molecule has 0 aliphatic heterocycles. The summed E-state index contributed by atoms with van der Waals surface area (Å²) in [7, 11) is -2.26. The van der Waals surface area contributed by atoms with Crippen LogP contribution in [-0.2, 0) is 20.1 Å². The number of aliphatic hydroxyl groups is 3. The van der Waals surface area contributed by atoms with E-state index in [-0.39, 0.29) is 17.7 Å². The first kappa shape index (κ1) is 29.6. The lowest BCUT2D eigenvalue weighted by atomic mass is 9.89. The van der Waals surface area contributed by atoms with Crippen molar-refractivity contribution in [2.75, 3.05) is 18.6 Å². The van der Waals surface area contributed by atoms with Crippen molar-refractivity contribution in [3.63, 3.8) is 0 Å². The van der Waals surface area contributed by atoms with Crippen LogP contribution in [0.15, 0.2) is 54.6 Å². The molecule has 1 aromatic carbocycles. The van der Waals surface area contributed by atoms with Gasteiger partial charge in [-0.25, -0.2) is 8.42 Å². The molecular formula is C26H39NO6S2. The summed E-state index contributed by atoms with van der Waals surface area (Å²) in [6.45, 7) is 0.324. The Morgan fingerprint density at radius 1 is 1.20 bits per heavy atom. The first-order chi connectivity index (χ1) is 16.7. The molecule has 1 aliphatic rings. The molecule has 1 fully saturated rings. The van der Waals surface area contributed by atoms with Crippen molar-refractivity contribution in [3.8, 4) is 0 Å². The SMILES string of the molecule is CS(=O)(=O)SCCNC(=O)CCC/C=C/C[C@@H]1[C@@H](/C=C/[C@@H](O)CCc2ccccc2)[C@H](O)C[C@@H]1O. The Labute approximate surface area is 213 Å². The van der Waals surface area contributed by atoms with Crippen LogP contribution in [0.2, 0.25) is 0 Å². The third kappa shape index (κ3) is 12.2. The Bertz CT molecular complexity index is 919. The third-order valence-electron chi connectivity index (χ3n) is 6.11. The monoisotopic (exact) mass is 525 g/mol. The van der Waals surface area contributed by atoms with Gasteiger partial charge in [0.05, 0.1) is 18.3 Å². The molecule has 0 bridgehead atoms. The maximum atomic E-state index is 11.8. The molecule has 1 aromatic rings. The standard InChI is InChI=1S/C26H39NO6S2/c1-35(32,33)34-18-17-27-26(31)12-8-3-2-7-11-22-23(25(30)19-24(22)29)16-15-21(28)14-13-20-9-5-4-6-10-20/h2,4-7,9-10,15-16,21-25,28-30H,3,8,11-14,17-19H2,1H3,(H,27,31)/b7-2+,16-15+/t21-,22+,23+,24-,25+/m0/s1. The van der Waals surface area contributed by atoms with Crippen LogP contribution < -0.4 is 5.32 Å². The Kier molecular flexibility index (Phi) is 13.1. The molecule has 5 atom stereocenters. The van der Waals surface area contributed by atoms with E-state index in [1.807, 2.05) is 48.6 Å². The molecule has 0 heterocycles. The van der Waals surface area contributed by atoms with Crippen LogP contribution in [0, 0.1) is 11.8 Å². The van der Waals surface area contributed by atoms with Gasteiger partial charge < -0.3 is 20.6 Å². The summed E-state index contributed by atoms with van der Waals surface area (Å²) in [6.07, 6.45) is 10.9. The minimum absolute atomic E-state index is 0.0992. The molecule has 0 spiro atoms. The summed E-state index contributed by atoms with van der Waals surface area (Å²) in [5.74, 6) is -0.0939. The first-order valence-corrected chi connectivity index (χ1v) is 15.6. The van der Waals surface area contributed by atoms with Crippen LogP contribution in [0.25, 0.3) is 0 Å². The van der Waals surface area contributed by atoms with Crippen molar-refractivity contribution in [2.45, 2.75) is 63.3 Å². The van der Waals surface area contributed by atoms with Crippen LogP contribution in [0.4, 0.5) is 0 Å². The van der Waals surface area contributed by atoms with E-state index < -0.39 is 27.2 Å². The molecule has 0 unspecified atom stereocenters. The van der Waals surface area contributed by atoms with Crippen molar-refractivity contribution in [3.05, 3.63) is 60.2 Å². The molecule has 0 radical (unpaired) electrons. The van der Waals surface area contributed by atoms with Gasteiger partial charge in [0.2, 0.25) is 5.91 Å². The second-order valence-corrected chi connectivity index (χ2v) is 13.6. The highest BCUT2D eigenvalue weighted by Gasteiger charge is 2.39. The topological polar surface area (TPSA) is 124 Å². The minimum Gasteiger partial charge on any atom is -0.393 e. The number of carbonyl (C=O) groups is 1. The molecule has 1 aliphatic carbocycles. The van der Waals surface area contributed by atoms with Gasteiger partial charge in [-0.15, -0.1) is 0 Å². The molecule has 2 rings (SSSR count). The van der Waals surface area contributed by atoms with Crippen LogP contribution in [0.1, 0.15) is 44.1 Å². The fourth-order valence-corrected chi connectivity index (χ4v) is 5.89. The van der Waals surface area contributed by atoms with E-state index in [1.54, 1.807) is 6.08 Å². The minimum atomic E-state index is -3.08. The number of amides is 1. The fourth-order valence-electron chi connectivity index (χ4n) is 4.24. The van der Waals surface area contributed by atoms with Gasteiger partial charge in [-0.05, 0) is 54.4 Å². The average molecular weight is 526 g/mol. The van der Waals surface area contributed by atoms with Crippen molar-refractivity contribution in [1.82, 2.24) is 5.32 Å². The summed E-state index contributed by atoms with van der Waals surface area (Å²) in [5.41, 5.74) is 1.17. The maximum absolute atomic E-state index is 11.8. The summed E-state index contributed by atoms with van der Waals surface area (Å²) in [4.78, 5) is 11.8. The lowest BCUT2D eigenvalue weighted by molar-refractivity contribution is -0.121. The number of nitrogens with one attached hydrogen (secondary N) is 1. The highest BCUT2D eigenvalue weighted by atomic mass is 33.1. The smallest absolute Gasteiger partial charge is 0.220 e. The Balaban J connectivity index is 1.69. The number of allylic oxidation sites excluding steroid dienone is 2. The van der Waals surface area contributed by atoms with E-state index in [1.165, 1.54) is 5.56 Å². The summed E-state index contributed by atoms with van der Waals surface area (Å²) < 4.78 is 22.1. The molecule has 9 heteroatoms. The van der Waals surface area contributed by atoms with Gasteiger partial charge in [0.25, 0.3) is 0 Å². The molecule has 1 saturated carbocycles. The number of carbonyl (C=O) groups excluding carboxylic acids is 1. The largest absolute Gasteiger partial charge is 0.393 e. The van der Waals surface area contributed by atoms with Gasteiger partial charge >= 0.3 is 0 Å². The zero-order chi connectivity index (χ0) is 25.7. The molecule has 4 N–H and O–H groups in total. The molecule has 7 nitrogen and oxygen atoms in total. The van der Waals surface area contributed by atoms with Crippen molar-refractivity contribution in [1.29, 1.82) is 0 Å². The van der Waals surface area contributed by atoms with Gasteiger partial charge in [-0.3, -0.25) is 4.79 Å². The molecule has 0 saturated heterocycles. The number of unbranched alkanes of at least 4 members (excludes halogenated alkanes) is 1. The molecular weight excluding hydrogens is 486 g/mol. The number of aryl methyl sites for hydroxylation is 1. The summed E-state index contributed by atoms with van der Waals surface area (Å²) in [6, 6.07) is 9.98. The number of hydrogen-bond acceptors (Lipinski definition) is 7. The molecule has 1 amide bonds. The second-order valence-electron chi connectivity index (χ2n) is 9.06. The van der Waals surface area contributed by atoms with Crippen LogP contribution >= 0.6 is 10.8 Å². The predicted molar refractivity (Wildman–Crippen MR) is 141 cm³/mol. The number of rotatable bonds is 15. The Morgan fingerprint density at radius 2 is 1.94 bits per heavy atom.